The summed E-state index contributed by atoms with van der Waals surface area (Å²) in [5.74, 6) is 0.711. The molecule has 1 amide bonds. The van der Waals surface area contributed by atoms with E-state index in [0.717, 1.165) is 24.8 Å². The molecule has 2 aliphatic rings. The van der Waals surface area contributed by atoms with E-state index in [9.17, 15) is 4.79 Å². The van der Waals surface area contributed by atoms with Crippen LogP contribution in [0.3, 0.4) is 0 Å². The third-order valence-corrected chi connectivity index (χ3v) is 4.80. The van der Waals surface area contributed by atoms with E-state index < -0.39 is 0 Å². The first-order chi connectivity index (χ1) is 10.2. The van der Waals surface area contributed by atoms with Crippen LogP contribution in [-0.4, -0.2) is 25.7 Å². The smallest absolute Gasteiger partial charge is 0.223 e. The molecule has 2 heterocycles. The topological polar surface area (TPSA) is 47.6 Å². The van der Waals surface area contributed by atoms with Crippen molar-refractivity contribution in [2.75, 3.05) is 19.8 Å². The fraction of sp³-hybridized carbons (Fsp3) is 0.533. The maximum atomic E-state index is 12.4. The number of hydrogen-bond acceptors (Lipinski definition) is 3. The molecular weight excluding hydrogens is 313 g/mol. The predicted molar refractivity (Wildman–Crippen MR) is 81.0 cm³/mol. The Kier molecular flexibility index (Phi) is 4.57. The molecule has 0 bridgehead atoms. The Balaban J connectivity index is 1.76. The lowest BCUT2D eigenvalue weighted by Crippen LogP contribution is -2.38. The van der Waals surface area contributed by atoms with E-state index in [1.54, 1.807) is 6.07 Å². The summed E-state index contributed by atoms with van der Waals surface area (Å²) in [6.45, 7) is 1.83. The lowest BCUT2D eigenvalue weighted by Gasteiger charge is -2.30. The lowest BCUT2D eigenvalue weighted by molar-refractivity contribution is -0.128. The van der Waals surface area contributed by atoms with Gasteiger partial charge in [-0.3, -0.25) is 4.79 Å². The van der Waals surface area contributed by atoms with Gasteiger partial charge in [0.15, 0.2) is 0 Å². The molecule has 2 aliphatic heterocycles. The molecule has 6 heteroatoms. The zero-order valence-electron chi connectivity index (χ0n) is 11.5. The van der Waals surface area contributed by atoms with E-state index >= 15 is 0 Å². The predicted octanol–water partition coefficient (Wildman–Crippen LogP) is 3.36. The molecule has 1 fully saturated rings. The van der Waals surface area contributed by atoms with Gasteiger partial charge in [-0.25, -0.2) is 0 Å². The van der Waals surface area contributed by atoms with Gasteiger partial charge in [0.25, 0.3) is 0 Å². The van der Waals surface area contributed by atoms with Gasteiger partial charge in [0, 0.05) is 31.1 Å². The molecule has 0 aromatic heterocycles. The molecule has 21 heavy (non-hydrogen) atoms. The molecule has 1 atom stereocenters. The highest BCUT2D eigenvalue weighted by molar-refractivity contribution is 6.43. The van der Waals surface area contributed by atoms with Crippen LogP contribution in [0.1, 0.15) is 30.9 Å². The number of ether oxygens (including phenoxy) is 2. The Bertz CT molecular complexity index is 544. The summed E-state index contributed by atoms with van der Waals surface area (Å²) in [7, 11) is 0. The monoisotopic (exact) mass is 329 g/mol. The van der Waals surface area contributed by atoms with Crippen molar-refractivity contribution < 1.29 is 14.3 Å². The van der Waals surface area contributed by atoms with Crippen molar-refractivity contribution in [2.24, 2.45) is 5.92 Å². The van der Waals surface area contributed by atoms with Crippen molar-refractivity contribution in [1.29, 1.82) is 0 Å². The van der Waals surface area contributed by atoms with Crippen LogP contribution in [0.15, 0.2) is 12.1 Å². The first kappa shape index (κ1) is 14.9. The van der Waals surface area contributed by atoms with Gasteiger partial charge in [-0.1, -0.05) is 29.3 Å². The summed E-state index contributed by atoms with van der Waals surface area (Å²) in [6.07, 6.45) is 2.30. The SMILES string of the molecule is O=C(N[C@H]1CCOc2c1ccc(Cl)c2Cl)C1CCOCC1. The summed E-state index contributed by atoms with van der Waals surface area (Å²) < 4.78 is 10.9. The van der Waals surface area contributed by atoms with Gasteiger partial charge in [-0.2, -0.15) is 0 Å². The molecule has 1 aromatic rings. The van der Waals surface area contributed by atoms with E-state index in [4.69, 9.17) is 32.7 Å². The van der Waals surface area contributed by atoms with Crippen LogP contribution in [0.25, 0.3) is 0 Å². The Morgan fingerprint density at radius 3 is 2.67 bits per heavy atom. The van der Waals surface area contributed by atoms with Gasteiger partial charge < -0.3 is 14.8 Å². The van der Waals surface area contributed by atoms with Crippen molar-refractivity contribution in [1.82, 2.24) is 5.32 Å². The van der Waals surface area contributed by atoms with E-state index in [2.05, 4.69) is 5.32 Å². The molecule has 4 nitrogen and oxygen atoms in total. The number of carbonyl (C=O) groups excluding carboxylic acids is 1. The molecule has 0 saturated carbocycles. The van der Waals surface area contributed by atoms with E-state index in [0.29, 0.717) is 35.6 Å². The van der Waals surface area contributed by atoms with Crippen LogP contribution >= 0.6 is 23.2 Å². The molecule has 0 unspecified atom stereocenters. The van der Waals surface area contributed by atoms with Gasteiger partial charge in [-0.15, -0.1) is 0 Å². The van der Waals surface area contributed by atoms with Gasteiger partial charge in [0.05, 0.1) is 17.7 Å². The number of nitrogens with one attached hydrogen (secondary N) is 1. The zero-order valence-corrected chi connectivity index (χ0v) is 13.0. The van der Waals surface area contributed by atoms with Crippen LogP contribution in [-0.2, 0) is 9.53 Å². The molecule has 0 radical (unpaired) electrons. The number of halogens is 2. The number of rotatable bonds is 2. The van der Waals surface area contributed by atoms with E-state index in [-0.39, 0.29) is 17.9 Å². The molecule has 114 valence electrons. The Morgan fingerprint density at radius 1 is 1.14 bits per heavy atom. The van der Waals surface area contributed by atoms with Crippen LogP contribution in [0.2, 0.25) is 10.0 Å². The van der Waals surface area contributed by atoms with Crippen LogP contribution in [0.4, 0.5) is 0 Å². The molecule has 1 aromatic carbocycles. The van der Waals surface area contributed by atoms with Crippen molar-refractivity contribution in [3.05, 3.63) is 27.7 Å². The molecule has 0 spiro atoms. The van der Waals surface area contributed by atoms with Gasteiger partial charge in [0.1, 0.15) is 10.8 Å². The second-order valence-electron chi connectivity index (χ2n) is 5.36. The van der Waals surface area contributed by atoms with Crippen LogP contribution in [0, 0.1) is 5.92 Å². The average molecular weight is 330 g/mol. The summed E-state index contributed by atoms with van der Waals surface area (Å²) in [5.41, 5.74) is 0.899. The fourth-order valence-corrected chi connectivity index (χ4v) is 3.18. The van der Waals surface area contributed by atoms with Crippen LogP contribution in [0.5, 0.6) is 5.75 Å². The second kappa shape index (κ2) is 6.42. The van der Waals surface area contributed by atoms with E-state index in [1.165, 1.54) is 0 Å². The number of amides is 1. The van der Waals surface area contributed by atoms with Crippen molar-refractivity contribution in [3.8, 4) is 5.75 Å². The third-order valence-electron chi connectivity index (χ3n) is 4.02. The first-order valence-corrected chi connectivity index (χ1v) is 7.91. The molecule has 0 aliphatic carbocycles. The lowest BCUT2D eigenvalue weighted by atomic mass is 9.96. The summed E-state index contributed by atoms with van der Waals surface area (Å²) in [6, 6.07) is 3.54. The zero-order chi connectivity index (χ0) is 14.8. The Labute approximate surface area is 133 Å². The minimum atomic E-state index is -0.0705. The standard InChI is InChI=1S/C15H17Cl2NO3/c16-11-2-1-10-12(5-8-21-14(10)13(11)17)18-15(19)9-3-6-20-7-4-9/h1-2,9,12H,3-8H2,(H,18,19)/t12-/m0/s1. The van der Waals surface area contributed by atoms with Crippen molar-refractivity contribution in [2.45, 2.75) is 25.3 Å². The summed E-state index contributed by atoms with van der Waals surface area (Å²) in [4.78, 5) is 12.4. The highest BCUT2D eigenvalue weighted by Crippen LogP contribution is 2.41. The van der Waals surface area contributed by atoms with Crippen molar-refractivity contribution in [3.63, 3.8) is 0 Å². The summed E-state index contributed by atoms with van der Waals surface area (Å²) >= 11 is 12.2. The van der Waals surface area contributed by atoms with Gasteiger partial charge >= 0.3 is 0 Å². The molecular formula is C15H17Cl2NO3. The quantitative estimate of drug-likeness (QED) is 0.904. The first-order valence-electron chi connectivity index (χ1n) is 7.15. The van der Waals surface area contributed by atoms with Crippen molar-refractivity contribution >= 4 is 29.1 Å². The Hall–Kier alpha value is -0.970. The third kappa shape index (κ3) is 3.12. The van der Waals surface area contributed by atoms with Gasteiger partial charge in [-0.05, 0) is 18.9 Å². The summed E-state index contributed by atoms with van der Waals surface area (Å²) in [5, 5.41) is 4.00. The highest BCUT2D eigenvalue weighted by Gasteiger charge is 2.29. The molecule has 1 saturated heterocycles. The number of benzene rings is 1. The van der Waals surface area contributed by atoms with Gasteiger partial charge in [0.2, 0.25) is 5.91 Å². The molecule has 3 rings (SSSR count). The highest BCUT2D eigenvalue weighted by atomic mass is 35.5. The van der Waals surface area contributed by atoms with E-state index in [1.807, 2.05) is 6.07 Å². The normalized spacial score (nSPS) is 22.3. The maximum absolute atomic E-state index is 12.4. The number of fused-ring (bicyclic) bond motifs is 1. The van der Waals surface area contributed by atoms with Crippen LogP contribution < -0.4 is 10.1 Å². The minimum Gasteiger partial charge on any atom is -0.492 e. The second-order valence-corrected chi connectivity index (χ2v) is 6.15. The number of carbonyl (C=O) groups is 1. The molecule has 1 N–H and O–H groups in total. The largest absolute Gasteiger partial charge is 0.492 e. The maximum Gasteiger partial charge on any atom is 0.223 e. The minimum absolute atomic E-state index is 0.0350. The average Bonchev–Trinajstić information content (AvgIpc) is 2.52. The Morgan fingerprint density at radius 2 is 1.90 bits per heavy atom. The fourth-order valence-electron chi connectivity index (χ4n) is 2.80. The number of hydrogen-bond donors (Lipinski definition) is 1.